The van der Waals surface area contributed by atoms with Gasteiger partial charge in [0.1, 0.15) is 0 Å². The minimum Gasteiger partial charge on any atom is -0.355 e. The first-order valence-corrected chi connectivity index (χ1v) is 7.15. The minimum atomic E-state index is -0.0966. The van der Waals surface area contributed by atoms with Gasteiger partial charge in [0.25, 0.3) is 0 Å². The maximum atomic E-state index is 11.2. The van der Waals surface area contributed by atoms with Crippen molar-refractivity contribution in [2.45, 2.75) is 27.2 Å². The van der Waals surface area contributed by atoms with Crippen molar-refractivity contribution in [3.8, 4) is 0 Å². The normalized spacial score (nSPS) is 12.5. The molecule has 0 bridgehead atoms. The van der Waals surface area contributed by atoms with Crippen molar-refractivity contribution in [3.05, 3.63) is 0 Å². The molecule has 0 aromatic carbocycles. The van der Waals surface area contributed by atoms with Gasteiger partial charge in [-0.3, -0.25) is 15.7 Å². The molecule has 0 radical (unpaired) electrons. The Morgan fingerprint density at radius 3 is 2.23 bits per heavy atom. The fourth-order valence-electron chi connectivity index (χ4n) is 0.920. The van der Waals surface area contributed by atoms with E-state index in [4.69, 9.17) is 0 Å². The van der Waals surface area contributed by atoms with Gasteiger partial charge in [-0.1, -0.05) is 20.8 Å². The van der Waals surface area contributed by atoms with Gasteiger partial charge in [0.15, 0.2) is 0 Å². The van der Waals surface area contributed by atoms with Crippen molar-refractivity contribution >= 4 is 16.8 Å². The van der Waals surface area contributed by atoms with Crippen LogP contribution in [0.2, 0.25) is 0 Å². The van der Waals surface area contributed by atoms with E-state index in [1.807, 2.05) is 0 Å². The highest BCUT2D eigenvalue weighted by Gasteiger charge is 2.10. The second-order valence-electron chi connectivity index (χ2n) is 4.90. The Morgan fingerprint density at radius 1 is 1.31 bits per heavy atom. The van der Waals surface area contributed by atoms with E-state index in [1.165, 1.54) is 0 Å². The highest BCUT2D eigenvalue weighted by atomic mass is 32.2. The fraction of sp³-hybridized carbons (Fsp3) is 0.900. The minimum absolute atomic E-state index is 0.0966. The Labute approximate surface area is 84.8 Å². The summed E-state index contributed by atoms with van der Waals surface area (Å²) in [4.78, 5) is 11.2. The molecule has 0 spiro atoms. The third kappa shape index (κ3) is 9.74. The number of carbonyl (C=O) groups is 1. The van der Waals surface area contributed by atoms with E-state index in [2.05, 4.69) is 38.6 Å². The molecular formula is C10H23NOS. The summed E-state index contributed by atoms with van der Waals surface area (Å²) >= 11 is 0. The van der Waals surface area contributed by atoms with E-state index in [-0.39, 0.29) is 16.8 Å². The van der Waals surface area contributed by atoms with Crippen LogP contribution in [0.1, 0.15) is 27.2 Å². The molecule has 2 nitrogen and oxygen atoms in total. The molecule has 0 atom stereocenters. The van der Waals surface area contributed by atoms with Crippen molar-refractivity contribution in [1.82, 2.24) is 5.32 Å². The van der Waals surface area contributed by atoms with Crippen LogP contribution in [-0.2, 0) is 4.79 Å². The van der Waals surface area contributed by atoms with Crippen molar-refractivity contribution < 1.29 is 4.79 Å². The van der Waals surface area contributed by atoms with Crippen LogP contribution in [0, 0.1) is 5.41 Å². The predicted molar refractivity (Wildman–Crippen MR) is 62.8 cm³/mol. The van der Waals surface area contributed by atoms with Crippen LogP contribution in [0.5, 0.6) is 0 Å². The zero-order valence-corrected chi connectivity index (χ0v) is 10.4. The molecule has 0 aromatic rings. The Kier molecular flexibility index (Phi) is 5.45. The summed E-state index contributed by atoms with van der Waals surface area (Å²) in [6, 6.07) is 0. The summed E-state index contributed by atoms with van der Waals surface area (Å²) in [7, 11) is -0.0966. The molecular weight excluding hydrogens is 182 g/mol. The lowest BCUT2D eigenvalue weighted by atomic mass is 9.92. The molecule has 0 aromatic heterocycles. The van der Waals surface area contributed by atoms with Crippen LogP contribution < -0.4 is 5.32 Å². The fourth-order valence-corrected chi connectivity index (χ4v) is 1.61. The summed E-state index contributed by atoms with van der Waals surface area (Å²) < 4.78 is 0. The van der Waals surface area contributed by atoms with Gasteiger partial charge in [0, 0.05) is 6.54 Å². The van der Waals surface area contributed by atoms with E-state index in [0.717, 1.165) is 13.0 Å². The summed E-state index contributed by atoms with van der Waals surface area (Å²) in [5, 5.41) is 2.95. The Bertz CT molecular complexity index is 161. The quantitative estimate of drug-likeness (QED) is 0.673. The Morgan fingerprint density at radius 2 is 1.85 bits per heavy atom. The summed E-state index contributed by atoms with van der Waals surface area (Å²) in [5.74, 6) is 0.916. The highest BCUT2D eigenvalue weighted by Crippen LogP contribution is 2.17. The summed E-state index contributed by atoms with van der Waals surface area (Å²) in [6.45, 7) is 7.37. The van der Waals surface area contributed by atoms with Gasteiger partial charge in [-0.15, -0.1) is 0 Å². The molecule has 80 valence electrons. The average Bonchev–Trinajstić information content (AvgIpc) is 1.81. The lowest BCUT2D eigenvalue weighted by Gasteiger charge is -2.18. The lowest BCUT2D eigenvalue weighted by Crippen LogP contribution is -2.29. The molecule has 1 N–H and O–H groups in total. The van der Waals surface area contributed by atoms with E-state index < -0.39 is 0 Å². The molecule has 0 heterocycles. The van der Waals surface area contributed by atoms with Gasteiger partial charge in [0.05, 0.1) is 5.75 Å². The third-order valence-corrected chi connectivity index (χ3v) is 2.58. The standard InChI is InChI=1S/C10H23NOS/c1-10(2,3)6-7-11-9(12)8-13(4)5/h13H,6-8H2,1-5H3,(H,11,12). The molecule has 0 aliphatic carbocycles. The second-order valence-corrected chi connectivity index (χ2v) is 7.37. The van der Waals surface area contributed by atoms with Gasteiger partial charge in [-0.2, -0.15) is 0 Å². The number of thiol groups is 1. The van der Waals surface area contributed by atoms with Crippen molar-refractivity contribution in [3.63, 3.8) is 0 Å². The van der Waals surface area contributed by atoms with Crippen LogP contribution in [0.3, 0.4) is 0 Å². The highest BCUT2D eigenvalue weighted by molar-refractivity contribution is 8.16. The third-order valence-electron chi connectivity index (χ3n) is 1.66. The molecule has 0 fully saturated rings. The predicted octanol–water partition coefficient (Wildman–Crippen LogP) is 1.80. The zero-order chi connectivity index (χ0) is 10.5. The molecule has 0 saturated carbocycles. The summed E-state index contributed by atoms with van der Waals surface area (Å²) in [6.07, 6.45) is 5.29. The van der Waals surface area contributed by atoms with Crippen molar-refractivity contribution in [1.29, 1.82) is 0 Å². The van der Waals surface area contributed by atoms with Crippen LogP contribution in [0.25, 0.3) is 0 Å². The molecule has 0 aliphatic heterocycles. The largest absolute Gasteiger partial charge is 0.355 e. The number of nitrogens with one attached hydrogen (secondary N) is 1. The second kappa shape index (κ2) is 5.53. The molecule has 0 aliphatic rings. The van der Waals surface area contributed by atoms with Gasteiger partial charge < -0.3 is 5.32 Å². The van der Waals surface area contributed by atoms with Crippen molar-refractivity contribution in [2.24, 2.45) is 5.41 Å². The van der Waals surface area contributed by atoms with Crippen LogP contribution in [0.15, 0.2) is 0 Å². The maximum Gasteiger partial charge on any atom is 0.228 e. The van der Waals surface area contributed by atoms with E-state index in [0.29, 0.717) is 11.2 Å². The van der Waals surface area contributed by atoms with E-state index in [9.17, 15) is 4.79 Å². The number of amides is 1. The number of hydrogen-bond acceptors (Lipinski definition) is 1. The molecule has 1 amide bonds. The van der Waals surface area contributed by atoms with Gasteiger partial charge >= 0.3 is 0 Å². The number of rotatable bonds is 4. The van der Waals surface area contributed by atoms with Gasteiger partial charge in [-0.25, -0.2) is 0 Å². The van der Waals surface area contributed by atoms with Crippen molar-refractivity contribution in [2.75, 3.05) is 24.8 Å². The number of carbonyl (C=O) groups excluding carboxylic acids is 1. The molecule has 0 rings (SSSR count). The topological polar surface area (TPSA) is 29.1 Å². The average molecular weight is 205 g/mol. The monoisotopic (exact) mass is 205 g/mol. The van der Waals surface area contributed by atoms with Crippen LogP contribution in [0.4, 0.5) is 0 Å². The molecule has 13 heavy (non-hydrogen) atoms. The first kappa shape index (κ1) is 12.8. The molecule has 0 unspecified atom stereocenters. The zero-order valence-electron chi connectivity index (χ0n) is 9.48. The Balaban J connectivity index is 3.49. The molecule has 0 saturated heterocycles. The Hall–Kier alpha value is -0.180. The van der Waals surface area contributed by atoms with Crippen LogP contribution >= 0.6 is 10.9 Å². The van der Waals surface area contributed by atoms with Crippen LogP contribution in [-0.4, -0.2) is 30.7 Å². The maximum absolute atomic E-state index is 11.2. The SMILES string of the molecule is C[SH](C)CC(=O)NCCC(C)(C)C. The summed E-state index contributed by atoms with van der Waals surface area (Å²) in [5.41, 5.74) is 0.316. The van der Waals surface area contributed by atoms with Gasteiger partial charge in [0.2, 0.25) is 5.91 Å². The smallest absolute Gasteiger partial charge is 0.228 e. The molecule has 3 heteroatoms. The number of hydrogen-bond donors (Lipinski definition) is 2. The first-order valence-electron chi connectivity index (χ1n) is 4.73. The lowest BCUT2D eigenvalue weighted by molar-refractivity contribution is -0.118. The van der Waals surface area contributed by atoms with E-state index >= 15 is 0 Å². The first-order chi connectivity index (χ1) is 5.81. The van der Waals surface area contributed by atoms with E-state index in [1.54, 1.807) is 0 Å². The van der Waals surface area contributed by atoms with Gasteiger partial charge in [-0.05, 0) is 24.3 Å².